The molecule has 0 fully saturated rings. The molecule has 3 N–H and O–H groups in total. The summed E-state index contributed by atoms with van der Waals surface area (Å²) in [5.74, 6) is -3.05. The lowest BCUT2D eigenvalue weighted by atomic mass is 9.73. The van der Waals surface area contributed by atoms with E-state index in [0.29, 0.717) is 6.42 Å². The normalized spacial score (nSPS) is 15.8. The van der Waals surface area contributed by atoms with E-state index < -0.39 is 38.6 Å². The van der Waals surface area contributed by atoms with E-state index in [2.05, 4.69) is 0 Å². The molecule has 1 atom stereocenters. The average molecular weight is 296 g/mol. The molecule has 0 saturated carbocycles. The summed E-state index contributed by atoms with van der Waals surface area (Å²) in [6, 6.07) is 0. The summed E-state index contributed by atoms with van der Waals surface area (Å²) in [5.41, 5.74) is -1.65. The zero-order chi connectivity index (χ0) is 15.5. The van der Waals surface area contributed by atoms with Crippen molar-refractivity contribution < 1.29 is 32.8 Å². The number of carbonyl (C=O) groups is 2. The van der Waals surface area contributed by atoms with Gasteiger partial charge in [0.1, 0.15) is 0 Å². The Kier molecular flexibility index (Phi) is 5.52. The summed E-state index contributed by atoms with van der Waals surface area (Å²) >= 11 is 0. The van der Waals surface area contributed by atoms with E-state index in [1.807, 2.05) is 0 Å². The van der Waals surface area contributed by atoms with Crippen LogP contribution in [0.15, 0.2) is 0 Å². The summed E-state index contributed by atoms with van der Waals surface area (Å²) < 4.78 is 30.1. The van der Waals surface area contributed by atoms with Crippen LogP contribution in [0.2, 0.25) is 0 Å². The number of hydrogen-bond acceptors (Lipinski definition) is 4. The molecule has 7 nitrogen and oxygen atoms in total. The van der Waals surface area contributed by atoms with Crippen molar-refractivity contribution in [3.8, 4) is 0 Å². The van der Waals surface area contributed by atoms with Gasteiger partial charge in [-0.25, -0.2) is 0 Å². The van der Waals surface area contributed by atoms with E-state index in [9.17, 15) is 27.7 Å². The van der Waals surface area contributed by atoms with Crippen molar-refractivity contribution in [2.24, 2.45) is 5.41 Å². The lowest BCUT2D eigenvalue weighted by Gasteiger charge is -2.39. The van der Waals surface area contributed by atoms with Gasteiger partial charge in [-0.15, -0.1) is 0 Å². The van der Waals surface area contributed by atoms with Crippen LogP contribution in [0.25, 0.3) is 0 Å². The second kappa shape index (κ2) is 5.87. The van der Waals surface area contributed by atoms with Crippen molar-refractivity contribution in [1.29, 1.82) is 0 Å². The Balaban J connectivity index is 5.99. The molecule has 0 radical (unpaired) electrons. The first-order valence-electron chi connectivity index (χ1n) is 5.84. The van der Waals surface area contributed by atoms with E-state index in [1.165, 1.54) is 13.8 Å². The maximum absolute atomic E-state index is 11.6. The summed E-state index contributed by atoms with van der Waals surface area (Å²) in [4.78, 5) is 22.3. The van der Waals surface area contributed by atoms with E-state index in [1.54, 1.807) is 6.92 Å². The third-order valence-electron chi connectivity index (χ3n) is 3.35. The minimum atomic E-state index is -4.96. The van der Waals surface area contributed by atoms with Crippen LogP contribution in [-0.4, -0.2) is 39.9 Å². The molecule has 0 aliphatic rings. The Morgan fingerprint density at radius 1 is 1.16 bits per heavy atom. The lowest BCUT2D eigenvalue weighted by molar-refractivity contribution is -0.147. The molecule has 0 aromatic rings. The largest absolute Gasteiger partial charge is 0.481 e. The molecule has 0 spiro atoms. The highest BCUT2D eigenvalue weighted by atomic mass is 32.2. The first kappa shape index (κ1) is 17.8. The van der Waals surface area contributed by atoms with Crippen LogP contribution in [0, 0.1) is 5.41 Å². The standard InChI is InChI=1S/C11H20O7S/c1-4-5-6-11(9(14)15,19(16,17)18)10(2,3)7-8(12)13/h4-7H2,1-3H3,(H,12,13)(H,14,15)(H,16,17,18). The van der Waals surface area contributed by atoms with Gasteiger partial charge >= 0.3 is 11.9 Å². The monoisotopic (exact) mass is 296 g/mol. The van der Waals surface area contributed by atoms with E-state index >= 15 is 0 Å². The Labute approximate surface area is 112 Å². The van der Waals surface area contributed by atoms with Gasteiger partial charge in [-0.3, -0.25) is 14.1 Å². The number of unbranched alkanes of at least 4 members (excludes halogenated alkanes) is 1. The van der Waals surface area contributed by atoms with Gasteiger partial charge < -0.3 is 10.2 Å². The average Bonchev–Trinajstić information content (AvgIpc) is 2.12. The third kappa shape index (κ3) is 3.44. The van der Waals surface area contributed by atoms with Crippen LogP contribution in [0.5, 0.6) is 0 Å². The number of carboxylic acid groups (broad SMARTS) is 2. The van der Waals surface area contributed by atoms with Crippen LogP contribution in [0.4, 0.5) is 0 Å². The molecule has 8 heteroatoms. The summed E-state index contributed by atoms with van der Waals surface area (Å²) in [5, 5.41) is 18.1. The minimum Gasteiger partial charge on any atom is -0.481 e. The highest BCUT2D eigenvalue weighted by molar-refractivity contribution is 7.88. The second-order valence-electron chi connectivity index (χ2n) is 5.17. The molecule has 1 unspecified atom stereocenters. The van der Waals surface area contributed by atoms with Crippen LogP contribution in [0.3, 0.4) is 0 Å². The molecule has 112 valence electrons. The Morgan fingerprint density at radius 2 is 1.63 bits per heavy atom. The zero-order valence-electron chi connectivity index (χ0n) is 11.2. The van der Waals surface area contributed by atoms with E-state index in [4.69, 9.17) is 5.11 Å². The second-order valence-corrected chi connectivity index (χ2v) is 6.81. The predicted octanol–water partition coefficient (Wildman–Crippen LogP) is 1.39. The van der Waals surface area contributed by atoms with Crippen LogP contribution >= 0.6 is 0 Å². The van der Waals surface area contributed by atoms with Gasteiger partial charge in [0.15, 0.2) is 4.75 Å². The smallest absolute Gasteiger partial charge is 0.328 e. The van der Waals surface area contributed by atoms with E-state index in [0.717, 1.165) is 0 Å². The summed E-state index contributed by atoms with van der Waals surface area (Å²) in [6.45, 7) is 4.18. The van der Waals surface area contributed by atoms with Gasteiger partial charge in [-0.2, -0.15) is 8.42 Å². The molecule has 0 aliphatic heterocycles. The fraction of sp³-hybridized carbons (Fsp3) is 0.818. The number of aliphatic carboxylic acids is 2. The van der Waals surface area contributed by atoms with Gasteiger partial charge in [0.25, 0.3) is 10.1 Å². The third-order valence-corrected chi connectivity index (χ3v) is 5.17. The summed E-state index contributed by atoms with van der Waals surface area (Å²) in [7, 11) is -4.96. The zero-order valence-corrected chi connectivity index (χ0v) is 12.0. The molecule has 0 saturated heterocycles. The Bertz CT molecular complexity index is 452. The van der Waals surface area contributed by atoms with Crippen LogP contribution in [-0.2, 0) is 19.7 Å². The van der Waals surface area contributed by atoms with Crippen molar-refractivity contribution in [1.82, 2.24) is 0 Å². The maximum atomic E-state index is 11.6. The lowest BCUT2D eigenvalue weighted by Crippen LogP contribution is -2.57. The maximum Gasteiger partial charge on any atom is 0.328 e. The van der Waals surface area contributed by atoms with Gasteiger partial charge in [0, 0.05) is 5.41 Å². The predicted molar refractivity (Wildman–Crippen MR) is 67.5 cm³/mol. The summed E-state index contributed by atoms with van der Waals surface area (Å²) in [6.07, 6.45) is -0.246. The molecule has 0 rings (SSSR count). The van der Waals surface area contributed by atoms with Gasteiger partial charge in [0.05, 0.1) is 6.42 Å². The SMILES string of the molecule is CCCCC(C(=O)O)(C(C)(C)CC(=O)O)S(=O)(=O)O. The van der Waals surface area contributed by atoms with Crippen molar-refractivity contribution in [2.45, 2.75) is 51.2 Å². The van der Waals surface area contributed by atoms with Crippen molar-refractivity contribution in [2.75, 3.05) is 0 Å². The number of rotatable bonds is 8. The molecule has 0 amide bonds. The van der Waals surface area contributed by atoms with Crippen LogP contribution < -0.4 is 0 Å². The van der Waals surface area contributed by atoms with Crippen molar-refractivity contribution in [3.63, 3.8) is 0 Å². The van der Waals surface area contributed by atoms with Gasteiger partial charge in [-0.1, -0.05) is 33.6 Å². The minimum absolute atomic E-state index is 0.245. The van der Waals surface area contributed by atoms with Gasteiger partial charge in [-0.05, 0) is 6.42 Å². The van der Waals surface area contributed by atoms with E-state index in [-0.39, 0.29) is 12.8 Å². The fourth-order valence-electron chi connectivity index (χ4n) is 2.27. The molecule has 19 heavy (non-hydrogen) atoms. The molecular weight excluding hydrogens is 276 g/mol. The molecule has 0 bridgehead atoms. The molecule has 0 aromatic carbocycles. The first-order chi connectivity index (χ1) is 8.42. The fourth-order valence-corrected chi connectivity index (χ4v) is 3.66. The van der Waals surface area contributed by atoms with Crippen LogP contribution in [0.1, 0.15) is 46.5 Å². The topological polar surface area (TPSA) is 129 Å². The molecule has 0 heterocycles. The quantitative estimate of drug-likeness (QED) is 0.577. The molecule has 0 aliphatic carbocycles. The van der Waals surface area contributed by atoms with Gasteiger partial charge in [0.2, 0.25) is 0 Å². The Hall–Kier alpha value is -1.15. The number of carboxylic acids is 2. The van der Waals surface area contributed by atoms with Crippen molar-refractivity contribution >= 4 is 22.1 Å². The first-order valence-corrected chi connectivity index (χ1v) is 7.28. The van der Waals surface area contributed by atoms with Crippen molar-refractivity contribution in [3.05, 3.63) is 0 Å². The molecule has 0 aromatic heterocycles. The highest BCUT2D eigenvalue weighted by Crippen LogP contribution is 2.44. The highest BCUT2D eigenvalue weighted by Gasteiger charge is 2.61. The Morgan fingerprint density at radius 3 is 1.89 bits per heavy atom. The molecular formula is C11H20O7S. The number of hydrogen-bond donors (Lipinski definition) is 3.